The zero-order valence-corrected chi connectivity index (χ0v) is 15.8. The molecule has 3 heteroatoms. The van der Waals surface area contributed by atoms with Crippen molar-refractivity contribution < 1.29 is 26.6 Å². The summed E-state index contributed by atoms with van der Waals surface area (Å²) in [6.45, 7) is 7.12. The van der Waals surface area contributed by atoms with Crippen LogP contribution >= 0.6 is 0 Å². The number of rotatable bonds is 14. The van der Waals surface area contributed by atoms with Crippen LogP contribution in [0, 0.1) is 0 Å². The zero-order chi connectivity index (χ0) is 14.4. The van der Waals surface area contributed by atoms with Gasteiger partial charge in [-0.3, -0.25) is 0 Å². The van der Waals surface area contributed by atoms with Crippen molar-refractivity contribution in [1.29, 1.82) is 0 Å². The minimum Gasteiger partial charge on any atom is -1.00 e. The summed E-state index contributed by atoms with van der Waals surface area (Å²) < 4.78 is 0.861. The molecule has 2 nitrogen and oxygen atoms in total. The minimum atomic E-state index is 0. The Morgan fingerprint density at radius 3 is 1.35 bits per heavy atom. The molecule has 20 heavy (non-hydrogen) atoms. The largest absolute Gasteiger partial charge is 1.00 e. The van der Waals surface area contributed by atoms with Gasteiger partial charge in [0.25, 0.3) is 0 Å². The Labute approximate surface area is 138 Å². The van der Waals surface area contributed by atoms with E-state index in [4.69, 9.17) is 0 Å². The number of aliphatic hydroxyl groups is 1. The van der Waals surface area contributed by atoms with Crippen LogP contribution in [0.25, 0.3) is 0 Å². The number of unbranched alkanes of at least 4 members (excludes halogenated alkanes) is 9. The third-order valence-corrected chi connectivity index (χ3v) is 4.19. The van der Waals surface area contributed by atoms with Gasteiger partial charge in [0.2, 0.25) is 0 Å². The monoisotopic (exact) mass is 351 g/mol. The van der Waals surface area contributed by atoms with Crippen LogP contribution in [0.15, 0.2) is 0 Å². The molecule has 0 fully saturated rings. The van der Waals surface area contributed by atoms with Crippen molar-refractivity contribution in [1.82, 2.24) is 0 Å². The van der Waals surface area contributed by atoms with Crippen molar-refractivity contribution in [3.63, 3.8) is 0 Å². The van der Waals surface area contributed by atoms with Gasteiger partial charge in [0.1, 0.15) is 0 Å². The molecule has 0 spiro atoms. The molecule has 1 unspecified atom stereocenters. The summed E-state index contributed by atoms with van der Waals surface area (Å²) in [6, 6.07) is 0. The highest BCUT2D eigenvalue weighted by atomic mass is 79.9. The molecule has 0 heterocycles. The minimum absolute atomic E-state index is 0. The maximum absolute atomic E-state index is 9.60. The highest BCUT2D eigenvalue weighted by Gasteiger charge is 2.18. The third-order valence-electron chi connectivity index (χ3n) is 4.19. The molecule has 0 aromatic rings. The first-order valence-corrected chi connectivity index (χ1v) is 8.63. The standard InChI is InChI=1S/C17H38NO.BrH/c1-4-6-8-10-12-14-16-18(3,17-19)15-13-11-9-7-5-2;/h19H,4-17H2,1-3H3;1H/q+1;/p-1. The number of hydrogen-bond acceptors (Lipinski definition) is 1. The van der Waals surface area contributed by atoms with Gasteiger partial charge < -0.3 is 26.6 Å². The van der Waals surface area contributed by atoms with E-state index in [9.17, 15) is 5.11 Å². The number of hydrogen-bond donors (Lipinski definition) is 1. The lowest BCUT2D eigenvalue weighted by Gasteiger charge is -2.32. The number of halogens is 1. The van der Waals surface area contributed by atoms with E-state index in [1.807, 2.05) is 0 Å². The Morgan fingerprint density at radius 2 is 1.00 bits per heavy atom. The Hall–Kier alpha value is 0.400. The second kappa shape index (κ2) is 15.8. The number of nitrogens with zero attached hydrogens (tertiary/aromatic N) is 1. The summed E-state index contributed by atoms with van der Waals surface area (Å²) in [5.74, 6) is 0. The van der Waals surface area contributed by atoms with Crippen molar-refractivity contribution in [2.24, 2.45) is 0 Å². The summed E-state index contributed by atoms with van der Waals surface area (Å²) >= 11 is 0. The smallest absolute Gasteiger partial charge is 0.180 e. The average Bonchev–Trinajstić information content (AvgIpc) is 2.42. The van der Waals surface area contributed by atoms with Crippen molar-refractivity contribution in [2.75, 3.05) is 26.9 Å². The Kier molecular flexibility index (Phi) is 17.9. The van der Waals surface area contributed by atoms with Gasteiger partial charge in [-0.2, -0.15) is 0 Å². The molecule has 0 saturated heterocycles. The van der Waals surface area contributed by atoms with Gasteiger partial charge in [-0.05, 0) is 25.7 Å². The molecule has 124 valence electrons. The average molecular weight is 352 g/mol. The van der Waals surface area contributed by atoms with Crippen LogP contribution in [-0.4, -0.2) is 36.5 Å². The third kappa shape index (κ3) is 13.4. The van der Waals surface area contributed by atoms with E-state index >= 15 is 0 Å². The van der Waals surface area contributed by atoms with Crippen molar-refractivity contribution in [3.05, 3.63) is 0 Å². The molecular formula is C17H38BrNO. The van der Waals surface area contributed by atoms with Gasteiger partial charge in [0.05, 0.1) is 20.1 Å². The summed E-state index contributed by atoms with van der Waals surface area (Å²) in [7, 11) is 2.21. The molecule has 0 aromatic carbocycles. The first kappa shape index (κ1) is 22.7. The predicted octanol–water partition coefficient (Wildman–Crippen LogP) is 1.72. The van der Waals surface area contributed by atoms with Gasteiger partial charge in [-0.1, -0.05) is 58.8 Å². The topological polar surface area (TPSA) is 20.2 Å². The van der Waals surface area contributed by atoms with Crippen LogP contribution in [0.4, 0.5) is 0 Å². The molecule has 0 aliphatic carbocycles. The molecular weight excluding hydrogens is 314 g/mol. The highest BCUT2D eigenvalue weighted by Crippen LogP contribution is 2.12. The Balaban J connectivity index is 0. The number of aliphatic hydroxyl groups excluding tert-OH is 1. The van der Waals surface area contributed by atoms with E-state index in [0.29, 0.717) is 6.73 Å². The summed E-state index contributed by atoms with van der Waals surface area (Å²) in [5.41, 5.74) is 0. The van der Waals surface area contributed by atoms with Crippen LogP contribution in [0.5, 0.6) is 0 Å². The highest BCUT2D eigenvalue weighted by molar-refractivity contribution is 4.46. The Morgan fingerprint density at radius 1 is 0.650 bits per heavy atom. The second-order valence-electron chi connectivity index (χ2n) is 6.39. The fraction of sp³-hybridized carbons (Fsp3) is 1.00. The summed E-state index contributed by atoms with van der Waals surface area (Å²) in [6.07, 6.45) is 14.7. The van der Waals surface area contributed by atoms with E-state index in [0.717, 1.165) is 17.6 Å². The molecule has 0 aromatic heterocycles. The van der Waals surface area contributed by atoms with Gasteiger partial charge in [-0.15, -0.1) is 0 Å². The van der Waals surface area contributed by atoms with Crippen LogP contribution in [0.2, 0.25) is 0 Å². The SMILES string of the molecule is CCCCCCCC[N+](C)(CO)CCCCCCC.[Br-]. The first-order valence-electron chi connectivity index (χ1n) is 8.63. The fourth-order valence-corrected chi connectivity index (χ4v) is 2.62. The van der Waals surface area contributed by atoms with E-state index < -0.39 is 0 Å². The van der Waals surface area contributed by atoms with E-state index in [1.165, 1.54) is 70.6 Å². The summed E-state index contributed by atoms with van der Waals surface area (Å²) in [5, 5.41) is 9.60. The molecule has 0 bridgehead atoms. The molecule has 0 aliphatic heterocycles. The van der Waals surface area contributed by atoms with E-state index in [2.05, 4.69) is 20.9 Å². The zero-order valence-electron chi connectivity index (χ0n) is 14.2. The molecule has 1 atom stereocenters. The number of quaternary nitrogens is 1. The molecule has 0 rings (SSSR count). The quantitative estimate of drug-likeness (QED) is 0.287. The van der Waals surface area contributed by atoms with Crippen molar-refractivity contribution in [2.45, 2.75) is 84.5 Å². The maximum atomic E-state index is 9.60. The maximum Gasteiger partial charge on any atom is 0.180 e. The molecule has 0 saturated carbocycles. The second-order valence-corrected chi connectivity index (χ2v) is 6.39. The van der Waals surface area contributed by atoms with Crippen LogP contribution in [0.1, 0.15) is 84.5 Å². The van der Waals surface area contributed by atoms with E-state index in [1.54, 1.807) is 0 Å². The molecule has 0 radical (unpaired) electrons. The van der Waals surface area contributed by atoms with Gasteiger partial charge in [0.15, 0.2) is 6.73 Å². The van der Waals surface area contributed by atoms with Gasteiger partial charge in [-0.25, -0.2) is 0 Å². The lowest BCUT2D eigenvalue weighted by molar-refractivity contribution is -0.927. The lowest BCUT2D eigenvalue weighted by atomic mass is 10.1. The Bertz CT molecular complexity index is 190. The molecule has 1 N–H and O–H groups in total. The van der Waals surface area contributed by atoms with Crippen molar-refractivity contribution >= 4 is 0 Å². The normalized spacial score (nSPS) is 13.8. The van der Waals surface area contributed by atoms with Crippen LogP contribution in [-0.2, 0) is 0 Å². The fourth-order valence-electron chi connectivity index (χ4n) is 2.62. The van der Waals surface area contributed by atoms with Crippen LogP contribution < -0.4 is 17.0 Å². The van der Waals surface area contributed by atoms with E-state index in [-0.39, 0.29) is 17.0 Å². The summed E-state index contributed by atoms with van der Waals surface area (Å²) in [4.78, 5) is 0. The van der Waals surface area contributed by atoms with Gasteiger partial charge in [0, 0.05) is 0 Å². The van der Waals surface area contributed by atoms with Gasteiger partial charge >= 0.3 is 0 Å². The molecule has 0 amide bonds. The van der Waals surface area contributed by atoms with Crippen LogP contribution in [0.3, 0.4) is 0 Å². The molecule has 0 aliphatic rings. The first-order chi connectivity index (χ1) is 9.18. The lowest BCUT2D eigenvalue weighted by Crippen LogP contribution is -3.00. The predicted molar refractivity (Wildman–Crippen MR) is 85.1 cm³/mol. The van der Waals surface area contributed by atoms with Crippen molar-refractivity contribution in [3.8, 4) is 0 Å².